The SMILES string of the molecule is CCC(C)N(CC(=O)N(Cc1ccc(F)cc1)Cc1cccs1)C(=O)Nc1ccccc1C. The fourth-order valence-electron chi connectivity index (χ4n) is 3.43. The van der Waals surface area contributed by atoms with Crippen molar-refractivity contribution in [2.45, 2.75) is 46.3 Å². The fourth-order valence-corrected chi connectivity index (χ4v) is 4.15. The summed E-state index contributed by atoms with van der Waals surface area (Å²) < 4.78 is 13.4. The van der Waals surface area contributed by atoms with Crippen LogP contribution in [0.2, 0.25) is 0 Å². The number of rotatable bonds is 9. The summed E-state index contributed by atoms with van der Waals surface area (Å²) >= 11 is 1.57. The summed E-state index contributed by atoms with van der Waals surface area (Å²) in [5.74, 6) is -0.473. The van der Waals surface area contributed by atoms with Crippen LogP contribution in [0, 0.1) is 12.7 Å². The second-order valence-electron chi connectivity index (χ2n) is 8.09. The van der Waals surface area contributed by atoms with Gasteiger partial charge in [0, 0.05) is 23.2 Å². The highest BCUT2D eigenvalue weighted by molar-refractivity contribution is 7.09. The lowest BCUT2D eigenvalue weighted by molar-refractivity contribution is -0.133. The van der Waals surface area contributed by atoms with E-state index in [1.165, 1.54) is 12.1 Å². The maximum Gasteiger partial charge on any atom is 0.322 e. The number of aryl methyl sites for hydroxylation is 1. The monoisotopic (exact) mass is 467 g/mol. The van der Waals surface area contributed by atoms with Crippen molar-refractivity contribution in [1.29, 1.82) is 0 Å². The lowest BCUT2D eigenvalue weighted by atomic mass is 10.2. The molecule has 1 atom stereocenters. The van der Waals surface area contributed by atoms with Gasteiger partial charge in [0.2, 0.25) is 5.91 Å². The van der Waals surface area contributed by atoms with Crippen LogP contribution in [-0.2, 0) is 17.9 Å². The van der Waals surface area contributed by atoms with E-state index in [9.17, 15) is 14.0 Å². The minimum Gasteiger partial charge on any atom is -0.332 e. The number of carbonyl (C=O) groups excluding carboxylic acids is 2. The van der Waals surface area contributed by atoms with E-state index < -0.39 is 0 Å². The highest BCUT2D eigenvalue weighted by Gasteiger charge is 2.25. The summed E-state index contributed by atoms with van der Waals surface area (Å²) in [6.07, 6.45) is 0.720. The molecule has 2 aromatic carbocycles. The number of nitrogens with zero attached hydrogens (tertiary/aromatic N) is 2. The number of hydrogen-bond donors (Lipinski definition) is 1. The smallest absolute Gasteiger partial charge is 0.322 e. The van der Waals surface area contributed by atoms with Crippen molar-refractivity contribution >= 4 is 29.0 Å². The molecule has 0 aliphatic carbocycles. The second kappa shape index (κ2) is 11.6. The Hall–Kier alpha value is -3.19. The molecule has 0 radical (unpaired) electrons. The van der Waals surface area contributed by atoms with Crippen LogP contribution in [-0.4, -0.2) is 34.3 Å². The molecule has 0 bridgehead atoms. The van der Waals surface area contributed by atoms with Gasteiger partial charge in [0.05, 0.1) is 6.54 Å². The molecular weight excluding hydrogens is 437 g/mol. The Morgan fingerprint density at radius 1 is 1.03 bits per heavy atom. The molecule has 0 fully saturated rings. The Balaban J connectivity index is 1.78. The van der Waals surface area contributed by atoms with Crippen LogP contribution >= 0.6 is 11.3 Å². The average molecular weight is 468 g/mol. The van der Waals surface area contributed by atoms with Gasteiger partial charge in [-0.1, -0.05) is 43.3 Å². The summed E-state index contributed by atoms with van der Waals surface area (Å²) in [6.45, 7) is 6.59. The van der Waals surface area contributed by atoms with Crippen molar-refractivity contribution in [3.8, 4) is 0 Å². The molecule has 0 spiro atoms. The van der Waals surface area contributed by atoms with E-state index in [1.807, 2.05) is 62.5 Å². The normalized spacial score (nSPS) is 11.6. The number of amides is 3. The van der Waals surface area contributed by atoms with Gasteiger partial charge in [-0.05, 0) is 61.0 Å². The summed E-state index contributed by atoms with van der Waals surface area (Å²) in [4.78, 5) is 30.9. The van der Waals surface area contributed by atoms with Crippen molar-refractivity contribution < 1.29 is 14.0 Å². The summed E-state index contributed by atoms with van der Waals surface area (Å²) in [5.41, 5.74) is 2.52. The fraction of sp³-hybridized carbons (Fsp3) is 0.308. The van der Waals surface area contributed by atoms with Crippen molar-refractivity contribution in [1.82, 2.24) is 9.80 Å². The molecule has 5 nitrogen and oxygen atoms in total. The number of halogens is 1. The summed E-state index contributed by atoms with van der Waals surface area (Å²) in [6, 6.07) is 17.2. The molecule has 1 N–H and O–H groups in total. The Morgan fingerprint density at radius 2 is 1.76 bits per heavy atom. The minimum atomic E-state index is -0.314. The van der Waals surface area contributed by atoms with E-state index in [-0.39, 0.29) is 30.3 Å². The Bertz CT molecular complexity index is 1050. The van der Waals surface area contributed by atoms with Gasteiger partial charge in [0.15, 0.2) is 0 Å². The first-order valence-corrected chi connectivity index (χ1v) is 11.9. The van der Waals surface area contributed by atoms with Gasteiger partial charge in [-0.2, -0.15) is 0 Å². The van der Waals surface area contributed by atoms with Crippen molar-refractivity contribution in [2.24, 2.45) is 0 Å². The predicted molar refractivity (Wildman–Crippen MR) is 132 cm³/mol. The Labute approximate surface area is 198 Å². The maximum absolute atomic E-state index is 13.4. The summed E-state index contributed by atoms with van der Waals surface area (Å²) in [7, 11) is 0. The van der Waals surface area contributed by atoms with Gasteiger partial charge >= 0.3 is 6.03 Å². The molecule has 0 aliphatic heterocycles. The number of nitrogens with one attached hydrogen (secondary N) is 1. The van der Waals surface area contributed by atoms with E-state index in [0.29, 0.717) is 13.1 Å². The van der Waals surface area contributed by atoms with Crippen LogP contribution in [0.5, 0.6) is 0 Å². The molecule has 1 aromatic heterocycles. The number of para-hydroxylation sites is 1. The third-order valence-electron chi connectivity index (χ3n) is 5.64. The molecule has 7 heteroatoms. The minimum absolute atomic E-state index is 0.0424. The number of carbonyl (C=O) groups is 2. The molecular formula is C26H30FN3O2S. The Morgan fingerprint density at radius 3 is 2.39 bits per heavy atom. The number of benzene rings is 2. The lowest BCUT2D eigenvalue weighted by Gasteiger charge is -2.31. The number of hydrogen-bond acceptors (Lipinski definition) is 3. The second-order valence-corrected chi connectivity index (χ2v) is 9.12. The standard InChI is InChI=1S/C26H30FN3O2S/c1-4-20(3)30(26(32)28-24-10-6-5-8-19(24)2)18-25(31)29(17-23-9-7-15-33-23)16-21-11-13-22(27)14-12-21/h5-15,20H,4,16-18H2,1-3H3,(H,28,32). The van der Waals surface area contributed by atoms with Crippen molar-refractivity contribution in [2.75, 3.05) is 11.9 Å². The van der Waals surface area contributed by atoms with Crippen LogP contribution in [0.4, 0.5) is 14.9 Å². The van der Waals surface area contributed by atoms with E-state index >= 15 is 0 Å². The van der Waals surface area contributed by atoms with E-state index in [4.69, 9.17) is 0 Å². The van der Waals surface area contributed by atoms with Crippen LogP contribution in [0.1, 0.15) is 36.3 Å². The predicted octanol–water partition coefficient (Wildman–Crippen LogP) is 6.06. The third-order valence-corrected chi connectivity index (χ3v) is 6.50. The highest BCUT2D eigenvalue weighted by atomic mass is 32.1. The van der Waals surface area contributed by atoms with E-state index in [0.717, 1.165) is 28.1 Å². The van der Waals surface area contributed by atoms with Crippen LogP contribution in [0.25, 0.3) is 0 Å². The maximum atomic E-state index is 13.4. The number of anilines is 1. The third kappa shape index (κ3) is 6.89. The molecule has 3 rings (SSSR count). The molecule has 0 saturated carbocycles. The van der Waals surface area contributed by atoms with Crippen molar-refractivity contribution in [3.05, 3.63) is 87.9 Å². The zero-order valence-corrected chi connectivity index (χ0v) is 20.1. The van der Waals surface area contributed by atoms with Gasteiger partial charge in [0.25, 0.3) is 0 Å². The number of urea groups is 1. The van der Waals surface area contributed by atoms with Gasteiger partial charge < -0.3 is 15.1 Å². The first-order valence-electron chi connectivity index (χ1n) is 11.0. The van der Waals surface area contributed by atoms with Crippen LogP contribution < -0.4 is 5.32 Å². The first-order chi connectivity index (χ1) is 15.9. The molecule has 1 heterocycles. The van der Waals surface area contributed by atoms with Gasteiger partial charge in [-0.25, -0.2) is 9.18 Å². The molecule has 3 aromatic rings. The van der Waals surface area contributed by atoms with Crippen molar-refractivity contribution in [3.63, 3.8) is 0 Å². The molecule has 1 unspecified atom stereocenters. The zero-order valence-electron chi connectivity index (χ0n) is 19.3. The molecule has 0 saturated heterocycles. The zero-order chi connectivity index (χ0) is 23.8. The van der Waals surface area contributed by atoms with E-state index in [2.05, 4.69) is 5.32 Å². The van der Waals surface area contributed by atoms with Gasteiger partial charge in [-0.3, -0.25) is 4.79 Å². The highest BCUT2D eigenvalue weighted by Crippen LogP contribution is 2.18. The van der Waals surface area contributed by atoms with Gasteiger partial charge in [0.1, 0.15) is 12.4 Å². The van der Waals surface area contributed by atoms with E-state index in [1.54, 1.807) is 33.3 Å². The average Bonchev–Trinajstić information content (AvgIpc) is 3.32. The quantitative estimate of drug-likeness (QED) is 0.416. The van der Waals surface area contributed by atoms with Crippen LogP contribution in [0.3, 0.4) is 0 Å². The topological polar surface area (TPSA) is 52.7 Å². The van der Waals surface area contributed by atoms with Gasteiger partial charge in [-0.15, -0.1) is 11.3 Å². The summed E-state index contributed by atoms with van der Waals surface area (Å²) in [5, 5.41) is 4.92. The Kier molecular flexibility index (Phi) is 8.60. The molecule has 33 heavy (non-hydrogen) atoms. The number of thiophene rings is 1. The molecule has 0 aliphatic rings. The van der Waals surface area contributed by atoms with Crippen LogP contribution in [0.15, 0.2) is 66.0 Å². The largest absolute Gasteiger partial charge is 0.332 e. The first kappa shape index (κ1) is 24.5. The lowest BCUT2D eigenvalue weighted by Crippen LogP contribution is -2.47. The molecule has 3 amide bonds. The molecule has 174 valence electrons.